The molecule has 0 aromatic heterocycles. The van der Waals surface area contributed by atoms with E-state index in [0.29, 0.717) is 11.3 Å². The van der Waals surface area contributed by atoms with Crippen molar-refractivity contribution in [2.24, 2.45) is 10.7 Å². The van der Waals surface area contributed by atoms with Gasteiger partial charge in [-0.3, -0.25) is 0 Å². The molecule has 0 saturated heterocycles. The number of nitrogens with zero attached hydrogens (tertiary/aromatic N) is 1. The van der Waals surface area contributed by atoms with Crippen molar-refractivity contribution < 1.29 is 35.8 Å². The highest BCUT2D eigenvalue weighted by Crippen LogP contribution is 2.24. The molecule has 0 unspecified atom stereocenters. The van der Waals surface area contributed by atoms with Crippen LogP contribution in [0.1, 0.15) is 5.56 Å². The lowest BCUT2D eigenvalue weighted by atomic mass is 10.2. The molecule has 0 aliphatic carbocycles. The first-order chi connectivity index (χ1) is 13.0. The first kappa shape index (κ1) is 24.7. The van der Waals surface area contributed by atoms with Crippen molar-refractivity contribution in [3.05, 3.63) is 54.1 Å². The average molecular weight is 535 g/mol. The SMILES string of the molecule is I.NC(=NCc1ccc(OCC(F)(F)F)cc1)Nc1ccc(OC(F)(F)F)cc1. The Balaban J connectivity index is 0.00000420. The van der Waals surface area contributed by atoms with Crippen molar-refractivity contribution in [1.82, 2.24) is 0 Å². The van der Waals surface area contributed by atoms with Gasteiger partial charge in [-0.1, -0.05) is 12.1 Å². The fourth-order valence-electron chi connectivity index (χ4n) is 1.96. The maximum atomic E-state index is 12.1. The van der Waals surface area contributed by atoms with Crippen molar-refractivity contribution in [2.45, 2.75) is 19.1 Å². The van der Waals surface area contributed by atoms with Crippen LogP contribution in [0.25, 0.3) is 0 Å². The van der Waals surface area contributed by atoms with Gasteiger partial charge in [-0.25, -0.2) is 4.99 Å². The van der Waals surface area contributed by atoms with Crippen LogP contribution in [0.2, 0.25) is 0 Å². The molecule has 29 heavy (non-hydrogen) atoms. The van der Waals surface area contributed by atoms with E-state index in [2.05, 4.69) is 19.8 Å². The number of ether oxygens (including phenoxy) is 2. The van der Waals surface area contributed by atoms with Gasteiger partial charge >= 0.3 is 12.5 Å². The van der Waals surface area contributed by atoms with Crippen LogP contribution in [0.4, 0.5) is 32.0 Å². The van der Waals surface area contributed by atoms with Gasteiger partial charge in [-0.2, -0.15) is 13.2 Å². The maximum absolute atomic E-state index is 12.1. The molecule has 0 spiro atoms. The van der Waals surface area contributed by atoms with Crippen LogP contribution >= 0.6 is 24.0 Å². The smallest absolute Gasteiger partial charge is 0.484 e. The van der Waals surface area contributed by atoms with E-state index in [1.54, 1.807) is 0 Å². The maximum Gasteiger partial charge on any atom is 0.573 e. The second kappa shape index (κ2) is 10.4. The van der Waals surface area contributed by atoms with Gasteiger partial charge in [0.1, 0.15) is 11.5 Å². The summed E-state index contributed by atoms with van der Waals surface area (Å²) in [6.45, 7) is -1.25. The summed E-state index contributed by atoms with van der Waals surface area (Å²) in [5, 5.41) is 2.69. The predicted molar refractivity (Wildman–Crippen MR) is 105 cm³/mol. The summed E-state index contributed by atoms with van der Waals surface area (Å²) in [5.41, 5.74) is 6.76. The van der Waals surface area contributed by atoms with E-state index in [1.165, 1.54) is 36.4 Å². The van der Waals surface area contributed by atoms with Gasteiger partial charge in [0.25, 0.3) is 0 Å². The largest absolute Gasteiger partial charge is 0.573 e. The number of nitrogens with two attached hydrogens (primary N) is 1. The minimum Gasteiger partial charge on any atom is -0.484 e. The summed E-state index contributed by atoms with van der Waals surface area (Å²) in [5.74, 6) is -0.305. The summed E-state index contributed by atoms with van der Waals surface area (Å²) in [6, 6.07) is 10.7. The lowest BCUT2D eigenvalue weighted by Crippen LogP contribution is -2.22. The Hall–Kier alpha value is -2.38. The zero-order valence-corrected chi connectivity index (χ0v) is 16.9. The van der Waals surface area contributed by atoms with Crippen molar-refractivity contribution in [3.8, 4) is 11.5 Å². The molecule has 2 rings (SSSR count). The second-order valence-electron chi connectivity index (χ2n) is 5.45. The molecule has 0 aliphatic rings. The zero-order chi connectivity index (χ0) is 20.8. The third kappa shape index (κ3) is 10.1. The lowest BCUT2D eigenvalue weighted by molar-refractivity contribution is -0.274. The molecule has 0 fully saturated rings. The Morgan fingerprint density at radius 3 is 1.97 bits per heavy atom. The number of anilines is 1. The summed E-state index contributed by atoms with van der Waals surface area (Å²) < 4.78 is 80.9. The highest BCUT2D eigenvalue weighted by atomic mass is 127. The molecule has 0 atom stereocenters. The van der Waals surface area contributed by atoms with E-state index < -0.39 is 19.1 Å². The molecule has 0 amide bonds. The summed E-state index contributed by atoms with van der Waals surface area (Å²) in [6.07, 6.45) is -9.19. The monoisotopic (exact) mass is 535 g/mol. The first-order valence-electron chi connectivity index (χ1n) is 7.71. The van der Waals surface area contributed by atoms with Gasteiger partial charge in [0.15, 0.2) is 12.6 Å². The molecule has 3 N–H and O–H groups in total. The minimum atomic E-state index is -4.78. The van der Waals surface area contributed by atoms with Crippen molar-refractivity contribution in [2.75, 3.05) is 11.9 Å². The summed E-state index contributed by atoms with van der Waals surface area (Å²) >= 11 is 0. The molecule has 0 radical (unpaired) electrons. The van der Waals surface area contributed by atoms with Crippen LogP contribution in [0.5, 0.6) is 11.5 Å². The van der Waals surface area contributed by atoms with Crippen LogP contribution in [0, 0.1) is 0 Å². The van der Waals surface area contributed by atoms with Gasteiger partial charge in [-0.05, 0) is 42.0 Å². The Bertz CT molecular complexity index is 793. The van der Waals surface area contributed by atoms with Crippen LogP contribution in [0.3, 0.4) is 0 Å². The number of aliphatic imine (C=N–C) groups is 1. The van der Waals surface area contributed by atoms with E-state index in [9.17, 15) is 26.3 Å². The van der Waals surface area contributed by atoms with Crippen LogP contribution in [0.15, 0.2) is 53.5 Å². The summed E-state index contributed by atoms with van der Waals surface area (Å²) in [7, 11) is 0. The van der Waals surface area contributed by atoms with Crippen molar-refractivity contribution in [3.63, 3.8) is 0 Å². The van der Waals surface area contributed by atoms with Crippen LogP contribution in [-0.4, -0.2) is 25.1 Å². The molecule has 12 heteroatoms. The summed E-state index contributed by atoms with van der Waals surface area (Å²) in [4.78, 5) is 4.04. The number of alkyl halides is 6. The topological polar surface area (TPSA) is 68.9 Å². The Labute approximate surface area is 178 Å². The van der Waals surface area contributed by atoms with Gasteiger partial charge in [0.2, 0.25) is 0 Å². The molecule has 5 nitrogen and oxygen atoms in total. The number of benzene rings is 2. The van der Waals surface area contributed by atoms with E-state index in [4.69, 9.17) is 5.73 Å². The van der Waals surface area contributed by atoms with Gasteiger partial charge in [0.05, 0.1) is 6.54 Å². The molecular formula is C17H16F6IN3O2. The molecule has 2 aromatic rings. The van der Waals surface area contributed by atoms with E-state index >= 15 is 0 Å². The third-order valence-corrected chi connectivity index (χ3v) is 3.12. The molecule has 160 valence electrons. The highest BCUT2D eigenvalue weighted by molar-refractivity contribution is 14.0. The fraction of sp³-hybridized carbons (Fsp3) is 0.235. The number of guanidine groups is 1. The lowest BCUT2D eigenvalue weighted by Gasteiger charge is -2.10. The number of hydrogen-bond donors (Lipinski definition) is 2. The Kier molecular flexibility index (Phi) is 8.85. The van der Waals surface area contributed by atoms with Gasteiger partial charge in [0, 0.05) is 5.69 Å². The van der Waals surface area contributed by atoms with E-state index in [1.807, 2.05) is 0 Å². The first-order valence-corrected chi connectivity index (χ1v) is 7.71. The van der Waals surface area contributed by atoms with Crippen LogP contribution < -0.4 is 20.5 Å². The quantitative estimate of drug-likeness (QED) is 0.235. The fourth-order valence-corrected chi connectivity index (χ4v) is 1.96. The van der Waals surface area contributed by atoms with Crippen molar-refractivity contribution in [1.29, 1.82) is 0 Å². The third-order valence-electron chi connectivity index (χ3n) is 3.12. The number of halogens is 7. The standard InChI is InChI=1S/C17H15F6N3O2.HI/c18-16(19,20)10-27-13-5-1-11(2-6-13)9-25-15(24)26-12-3-7-14(8-4-12)28-17(21,22)23;/h1-8H,9-10H2,(H3,24,25,26);1H. The Morgan fingerprint density at radius 2 is 1.45 bits per heavy atom. The zero-order valence-electron chi connectivity index (χ0n) is 14.6. The Morgan fingerprint density at radius 1 is 0.897 bits per heavy atom. The second-order valence-corrected chi connectivity index (χ2v) is 5.45. The average Bonchev–Trinajstić information content (AvgIpc) is 2.59. The van der Waals surface area contributed by atoms with Crippen LogP contribution in [-0.2, 0) is 6.54 Å². The number of rotatable bonds is 6. The number of hydrogen-bond acceptors (Lipinski definition) is 3. The van der Waals surface area contributed by atoms with Crippen molar-refractivity contribution >= 4 is 35.6 Å². The molecule has 0 heterocycles. The number of nitrogens with one attached hydrogen (secondary N) is 1. The van der Waals surface area contributed by atoms with E-state index in [-0.39, 0.29) is 48.0 Å². The van der Waals surface area contributed by atoms with Gasteiger partial charge in [-0.15, -0.1) is 37.1 Å². The molecule has 0 bridgehead atoms. The van der Waals surface area contributed by atoms with E-state index in [0.717, 1.165) is 12.1 Å². The molecule has 0 saturated carbocycles. The molecule has 0 aliphatic heterocycles. The predicted octanol–water partition coefficient (Wildman–Crippen LogP) is 5.07. The minimum absolute atomic E-state index is 0. The molecule has 2 aromatic carbocycles. The van der Waals surface area contributed by atoms with Gasteiger partial charge < -0.3 is 20.5 Å². The molecular weight excluding hydrogens is 519 g/mol. The highest BCUT2D eigenvalue weighted by Gasteiger charge is 2.31. The normalized spacial score (nSPS) is 12.1.